The lowest BCUT2D eigenvalue weighted by atomic mass is 9.92. The highest BCUT2D eigenvalue weighted by atomic mass is 16.3. The van der Waals surface area contributed by atoms with E-state index < -0.39 is 0 Å². The van der Waals surface area contributed by atoms with Crippen molar-refractivity contribution in [2.45, 2.75) is 31.8 Å². The molecule has 1 aromatic carbocycles. The van der Waals surface area contributed by atoms with Crippen LogP contribution >= 0.6 is 0 Å². The van der Waals surface area contributed by atoms with Gasteiger partial charge in [0, 0.05) is 0 Å². The summed E-state index contributed by atoms with van der Waals surface area (Å²) < 4.78 is 0. The van der Waals surface area contributed by atoms with E-state index in [-0.39, 0.29) is 6.10 Å². The summed E-state index contributed by atoms with van der Waals surface area (Å²) in [5, 5.41) is 9.76. The molecular formula is C15H18O. The fraction of sp³-hybridized carbons (Fsp3) is 0.333. The number of benzene rings is 1. The number of aliphatic hydroxyl groups is 1. The summed E-state index contributed by atoms with van der Waals surface area (Å²) in [7, 11) is 0. The molecule has 0 amide bonds. The Labute approximate surface area is 97.1 Å². The van der Waals surface area contributed by atoms with Crippen molar-refractivity contribution in [1.29, 1.82) is 0 Å². The van der Waals surface area contributed by atoms with E-state index in [4.69, 9.17) is 0 Å². The lowest BCUT2D eigenvalue weighted by Crippen LogP contribution is -2.14. The van der Waals surface area contributed by atoms with Gasteiger partial charge in [-0.05, 0) is 30.4 Å². The van der Waals surface area contributed by atoms with E-state index in [1.807, 2.05) is 24.3 Å². The molecule has 0 heterocycles. The molecule has 84 valence electrons. The first-order valence-electron chi connectivity index (χ1n) is 5.96. The molecule has 1 N–H and O–H groups in total. The standard InChI is InChI=1S/C15H18O/c16-15-12-5-4-10-14(15)11-6-9-13-7-2-1-3-8-13/h1-3,6-9,11,15-16H,4-5,10,12H2/b9-6+,14-11+. The van der Waals surface area contributed by atoms with Crippen molar-refractivity contribution in [3.8, 4) is 0 Å². The highest BCUT2D eigenvalue weighted by Gasteiger charge is 2.14. The predicted octanol–water partition coefficient (Wildman–Crippen LogP) is 3.56. The lowest BCUT2D eigenvalue weighted by Gasteiger charge is -2.19. The quantitative estimate of drug-likeness (QED) is 0.798. The van der Waals surface area contributed by atoms with Gasteiger partial charge in [0.2, 0.25) is 0 Å². The molecule has 1 atom stereocenters. The van der Waals surface area contributed by atoms with Crippen LogP contribution in [0.5, 0.6) is 0 Å². The highest BCUT2D eigenvalue weighted by Crippen LogP contribution is 2.23. The zero-order chi connectivity index (χ0) is 11.2. The van der Waals surface area contributed by atoms with Crippen LogP contribution in [0.15, 0.2) is 48.1 Å². The molecule has 1 saturated carbocycles. The largest absolute Gasteiger partial charge is 0.389 e. The van der Waals surface area contributed by atoms with Gasteiger partial charge in [0.25, 0.3) is 0 Å². The molecule has 1 unspecified atom stereocenters. The van der Waals surface area contributed by atoms with Crippen LogP contribution in [0, 0.1) is 0 Å². The average molecular weight is 214 g/mol. The van der Waals surface area contributed by atoms with Gasteiger partial charge in [-0.3, -0.25) is 0 Å². The molecule has 1 nitrogen and oxygen atoms in total. The van der Waals surface area contributed by atoms with Crippen molar-refractivity contribution >= 4 is 6.08 Å². The van der Waals surface area contributed by atoms with E-state index in [2.05, 4.69) is 24.3 Å². The van der Waals surface area contributed by atoms with Crippen LogP contribution in [0.1, 0.15) is 31.2 Å². The van der Waals surface area contributed by atoms with Crippen molar-refractivity contribution in [2.24, 2.45) is 0 Å². The fourth-order valence-corrected chi connectivity index (χ4v) is 2.06. The van der Waals surface area contributed by atoms with Gasteiger partial charge in [-0.2, -0.15) is 0 Å². The Balaban J connectivity index is 2.00. The van der Waals surface area contributed by atoms with Crippen molar-refractivity contribution in [1.82, 2.24) is 0 Å². The smallest absolute Gasteiger partial charge is 0.0753 e. The maximum absolute atomic E-state index is 9.76. The molecule has 0 aromatic heterocycles. The fourth-order valence-electron chi connectivity index (χ4n) is 2.06. The molecule has 1 heteroatoms. The first-order valence-corrected chi connectivity index (χ1v) is 5.96. The first-order chi connectivity index (χ1) is 7.86. The summed E-state index contributed by atoms with van der Waals surface area (Å²) in [5.41, 5.74) is 2.38. The summed E-state index contributed by atoms with van der Waals surface area (Å²) in [4.78, 5) is 0. The number of hydrogen-bond donors (Lipinski definition) is 1. The zero-order valence-electron chi connectivity index (χ0n) is 9.47. The van der Waals surface area contributed by atoms with Gasteiger partial charge in [-0.15, -0.1) is 0 Å². The van der Waals surface area contributed by atoms with Crippen LogP contribution in [0.4, 0.5) is 0 Å². The Hall–Kier alpha value is -1.34. The second-order valence-electron chi connectivity index (χ2n) is 4.27. The van der Waals surface area contributed by atoms with E-state index in [1.54, 1.807) is 0 Å². The molecule has 0 saturated heterocycles. The molecule has 0 radical (unpaired) electrons. The Morgan fingerprint density at radius 3 is 2.69 bits per heavy atom. The normalized spacial score (nSPS) is 24.1. The van der Waals surface area contributed by atoms with Crippen LogP contribution in [0.3, 0.4) is 0 Å². The Bertz CT molecular complexity index is 376. The topological polar surface area (TPSA) is 20.2 Å². The van der Waals surface area contributed by atoms with Crippen LogP contribution in [-0.2, 0) is 0 Å². The van der Waals surface area contributed by atoms with Crippen molar-refractivity contribution < 1.29 is 5.11 Å². The molecule has 0 bridgehead atoms. The average Bonchev–Trinajstić information content (AvgIpc) is 2.33. The summed E-state index contributed by atoms with van der Waals surface area (Å²) in [5.74, 6) is 0. The van der Waals surface area contributed by atoms with Gasteiger partial charge in [-0.25, -0.2) is 0 Å². The summed E-state index contributed by atoms with van der Waals surface area (Å²) >= 11 is 0. The molecule has 0 aliphatic heterocycles. The summed E-state index contributed by atoms with van der Waals surface area (Å²) in [6, 6.07) is 10.2. The highest BCUT2D eigenvalue weighted by molar-refractivity contribution is 5.51. The molecule has 2 rings (SSSR count). The van der Waals surface area contributed by atoms with Gasteiger partial charge < -0.3 is 5.11 Å². The Morgan fingerprint density at radius 2 is 1.94 bits per heavy atom. The lowest BCUT2D eigenvalue weighted by molar-refractivity contribution is 0.178. The molecule has 1 aromatic rings. The van der Waals surface area contributed by atoms with Gasteiger partial charge in [0.05, 0.1) is 6.10 Å². The third-order valence-corrected chi connectivity index (χ3v) is 3.02. The molecule has 1 aliphatic carbocycles. The molecule has 1 fully saturated rings. The minimum absolute atomic E-state index is 0.214. The zero-order valence-corrected chi connectivity index (χ0v) is 9.47. The molecule has 0 spiro atoms. The maximum Gasteiger partial charge on any atom is 0.0753 e. The molecule has 1 aliphatic rings. The maximum atomic E-state index is 9.76. The predicted molar refractivity (Wildman–Crippen MR) is 68.0 cm³/mol. The van der Waals surface area contributed by atoms with Gasteiger partial charge in [0.1, 0.15) is 0 Å². The van der Waals surface area contributed by atoms with E-state index in [1.165, 1.54) is 17.6 Å². The minimum Gasteiger partial charge on any atom is -0.389 e. The van der Waals surface area contributed by atoms with Crippen molar-refractivity contribution in [3.63, 3.8) is 0 Å². The Morgan fingerprint density at radius 1 is 1.12 bits per heavy atom. The van der Waals surface area contributed by atoms with Crippen LogP contribution in [0.2, 0.25) is 0 Å². The van der Waals surface area contributed by atoms with E-state index in [0.29, 0.717) is 0 Å². The van der Waals surface area contributed by atoms with Crippen LogP contribution in [-0.4, -0.2) is 11.2 Å². The number of hydrogen-bond acceptors (Lipinski definition) is 1. The first kappa shape index (κ1) is 11.2. The second kappa shape index (κ2) is 5.66. The van der Waals surface area contributed by atoms with E-state index in [9.17, 15) is 5.11 Å². The summed E-state index contributed by atoms with van der Waals surface area (Å²) in [6.07, 6.45) is 10.3. The molecular weight excluding hydrogens is 196 g/mol. The van der Waals surface area contributed by atoms with Crippen LogP contribution in [0.25, 0.3) is 6.08 Å². The van der Waals surface area contributed by atoms with Crippen LogP contribution < -0.4 is 0 Å². The van der Waals surface area contributed by atoms with E-state index in [0.717, 1.165) is 19.3 Å². The number of rotatable bonds is 2. The van der Waals surface area contributed by atoms with Gasteiger partial charge in [0.15, 0.2) is 0 Å². The minimum atomic E-state index is -0.214. The SMILES string of the molecule is OC1CCCC/C1=C\C=C\c1ccccc1. The van der Waals surface area contributed by atoms with Gasteiger partial charge in [-0.1, -0.05) is 55.0 Å². The van der Waals surface area contributed by atoms with Crippen molar-refractivity contribution in [2.75, 3.05) is 0 Å². The third-order valence-electron chi connectivity index (χ3n) is 3.02. The van der Waals surface area contributed by atoms with Crippen molar-refractivity contribution in [3.05, 3.63) is 53.6 Å². The second-order valence-corrected chi connectivity index (χ2v) is 4.27. The van der Waals surface area contributed by atoms with E-state index >= 15 is 0 Å². The Kier molecular flexibility index (Phi) is 3.95. The molecule has 16 heavy (non-hydrogen) atoms. The summed E-state index contributed by atoms with van der Waals surface area (Å²) in [6.45, 7) is 0. The monoisotopic (exact) mass is 214 g/mol. The van der Waals surface area contributed by atoms with Gasteiger partial charge >= 0.3 is 0 Å². The number of allylic oxidation sites excluding steroid dienone is 2. The third kappa shape index (κ3) is 3.07. The number of aliphatic hydroxyl groups excluding tert-OH is 1.